The SMILES string of the molecule is Cc1c(C(=O)N2C(C(=O)O)CC3CCCCC32)cccc1-c1ccccn1. The van der Waals surface area contributed by atoms with E-state index >= 15 is 0 Å². The van der Waals surface area contributed by atoms with Gasteiger partial charge in [0.1, 0.15) is 6.04 Å². The summed E-state index contributed by atoms with van der Waals surface area (Å²) in [6.45, 7) is 1.92. The van der Waals surface area contributed by atoms with Crippen molar-refractivity contribution in [2.75, 3.05) is 0 Å². The number of carbonyl (C=O) groups excluding carboxylic acids is 1. The van der Waals surface area contributed by atoms with Crippen LogP contribution in [0, 0.1) is 12.8 Å². The summed E-state index contributed by atoms with van der Waals surface area (Å²) in [6.07, 6.45) is 6.42. The number of aliphatic carboxylic acids is 1. The molecule has 1 aromatic carbocycles. The first-order valence-electron chi connectivity index (χ1n) is 9.64. The van der Waals surface area contributed by atoms with Crippen LogP contribution in [0.2, 0.25) is 0 Å². The zero-order valence-corrected chi connectivity index (χ0v) is 15.5. The zero-order chi connectivity index (χ0) is 19.0. The lowest BCUT2D eigenvalue weighted by Crippen LogP contribution is -2.46. The number of hydrogen-bond acceptors (Lipinski definition) is 3. The Bertz CT molecular complexity index is 865. The molecule has 0 radical (unpaired) electrons. The molecule has 2 heterocycles. The van der Waals surface area contributed by atoms with Crippen molar-refractivity contribution in [3.63, 3.8) is 0 Å². The molecule has 1 aromatic heterocycles. The molecule has 3 atom stereocenters. The molecule has 5 heteroatoms. The third kappa shape index (κ3) is 3.11. The number of benzene rings is 1. The zero-order valence-electron chi connectivity index (χ0n) is 15.5. The summed E-state index contributed by atoms with van der Waals surface area (Å²) in [6, 6.07) is 10.6. The fourth-order valence-corrected chi connectivity index (χ4v) is 4.78. The molecule has 1 saturated carbocycles. The quantitative estimate of drug-likeness (QED) is 0.896. The number of aromatic nitrogens is 1. The van der Waals surface area contributed by atoms with Crippen molar-refractivity contribution in [1.29, 1.82) is 0 Å². The minimum Gasteiger partial charge on any atom is -0.480 e. The molecule has 4 rings (SSSR count). The summed E-state index contributed by atoms with van der Waals surface area (Å²) in [5.74, 6) is -0.744. The lowest BCUT2D eigenvalue weighted by Gasteiger charge is -2.33. The minimum absolute atomic E-state index is 0.0465. The molecule has 27 heavy (non-hydrogen) atoms. The lowest BCUT2D eigenvalue weighted by molar-refractivity contribution is -0.141. The molecule has 2 aromatic rings. The molecule has 1 N–H and O–H groups in total. The van der Waals surface area contributed by atoms with Crippen LogP contribution in [0.3, 0.4) is 0 Å². The predicted octanol–water partition coefficient (Wildman–Crippen LogP) is 3.91. The van der Waals surface area contributed by atoms with E-state index in [0.717, 1.165) is 42.5 Å². The Morgan fingerprint density at radius 1 is 1.11 bits per heavy atom. The van der Waals surface area contributed by atoms with Crippen molar-refractivity contribution in [3.8, 4) is 11.3 Å². The van der Waals surface area contributed by atoms with Gasteiger partial charge < -0.3 is 10.0 Å². The highest BCUT2D eigenvalue weighted by molar-refractivity contribution is 5.99. The number of nitrogens with zero attached hydrogens (tertiary/aromatic N) is 2. The van der Waals surface area contributed by atoms with Crippen molar-refractivity contribution in [2.45, 2.75) is 51.1 Å². The second-order valence-electron chi connectivity index (χ2n) is 7.61. The van der Waals surface area contributed by atoms with Crippen LogP contribution in [0.1, 0.15) is 48.0 Å². The van der Waals surface area contributed by atoms with E-state index in [2.05, 4.69) is 4.98 Å². The van der Waals surface area contributed by atoms with Crippen LogP contribution in [-0.4, -0.2) is 39.0 Å². The smallest absolute Gasteiger partial charge is 0.326 e. The molecule has 2 aliphatic rings. The summed E-state index contributed by atoms with van der Waals surface area (Å²) >= 11 is 0. The average Bonchev–Trinajstić information content (AvgIpc) is 3.08. The molecule has 5 nitrogen and oxygen atoms in total. The van der Waals surface area contributed by atoms with Crippen LogP contribution >= 0.6 is 0 Å². The molecule has 2 fully saturated rings. The van der Waals surface area contributed by atoms with Gasteiger partial charge in [-0.25, -0.2) is 4.79 Å². The monoisotopic (exact) mass is 364 g/mol. The van der Waals surface area contributed by atoms with Crippen LogP contribution in [0.15, 0.2) is 42.6 Å². The van der Waals surface area contributed by atoms with Gasteiger partial charge >= 0.3 is 5.97 Å². The van der Waals surface area contributed by atoms with E-state index in [1.165, 1.54) is 0 Å². The summed E-state index contributed by atoms with van der Waals surface area (Å²) in [5.41, 5.74) is 3.16. The van der Waals surface area contributed by atoms with E-state index in [4.69, 9.17) is 0 Å². The number of fused-ring (bicyclic) bond motifs is 1. The molecular formula is C22H24N2O3. The largest absolute Gasteiger partial charge is 0.480 e. The Morgan fingerprint density at radius 2 is 1.93 bits per heavy atom. The molecule has 1 aliphatic carbocycles. The molecule has 1 aliphatic heterocycles. The van der Waals surface area contributed by atoms with Gasteiger partial charge in [0.15, 0.2) is 0 Å². The van der Waals surface area contributed by atoms with Gasteiger partial charge in [-0.3, -0.25) is 9.78 Å². The fourth-order valence-electron chi connectivity index (χ4n) is 4.78. The van der Waals surface area contributed by atoms with E-state index in [1.54, 1.807) is 17.2 Å². The van der Waals surface area contributed by atoms with E-state index < -0.39 is 12.0 Å². The summed E-state index contributed by atoms with van der Waals surface area (Å²) < 4.78 is 0. The normalized spacial score (nSPS) is 24.5. The van der Waals surface area contributed by atoms with E-state index in [0.29, 0.717) is 17.9 Å². The summed E-state index contributed by atoms with van der Waals surface area (Å²) in [5, 5.41) is 9.72. The molecule has 0 bridgehead atoms. The molecule has 140 valence electrons. The Labute approximate surface area is 159 Å². The first-order chi connectivity index (χ1) is 13.1. The van der Waals surface area contributed by atoms with Crippen LogP contribution in [0.4, 0.5) is 0 Å². The standard InChI is InChI=1S/C22H24N2O3/c1-14-16(18-10-4-5-12-23-18)8-6-9-17(14)21(25)24-19-11-3-2-7-15(19)13-20(24)22(26)27/h4-6,8-10,12,15,19-20H,2-3,7,11,13H2,1H3,(H,26,27). The Balaban J connectivity index is 1.72. The van der Waals surface area contributed by atoms with Crippen molar-refractivity contribution in [2.24, 2.45) is 5.92 Å². The first-order valence-corrected chi connectivity index (χ1v) is 9.64. The van der Waals surface area contributed by atoms with Crippen molar-refractivity contribution < 1.29 is 14.7 Å². The number of carbonyl (C=O) groups is 2. The number of pyridine rings is 1. The number of rotatable bonds is 3. The van der Waals surface area contributed by atoms with Gasteiger partial charge in [0.25, 0.3) is 5.91 Å². The van der Waals surface area contributed by atoms with Gasteiger partial charge in [-0.05, 0) is 55.9 Å². The van der Waals surface area contributed by atoms with E-state index in [-0.39, 0.29) is 11.9 Å². The number of carboxylic acids is 1. The second-order valence-corrected chi connectivity index (χ2v) is 7.61. The van der Waals surface area contributed by atoms with Crippen LogP contribution in [-0.2, 0) is 4.79 Å². The van der Waals surface area contributed by atoms with Crippen LogP contribution in [0.25, 0.3) is 11.3 Å². The van der Waals surface area contributed by atoms with Crippen molar-refractivity contribution in [1.82, 2.24) is 9.88 Å². The minimum atomic E-state index is -0.892. The highest BCUT2D eigenvalue weighted by Gasteiger charge is 2.47. The van der Waals surface area contributed by atoms with Gasteiger partial charge in [0, 0.05) is 23.4 Å². The topological polar surface area (TPSA) is 70.5 Å². The van der Waals surface area contributed by atoms with E-state index in [1.807, 2.05) is 37.3 Å². The highest BCUT2D eigenvalue weighted by atomic mass is 16.4. The third-order valence-corrected chi connectivity index (χ3v) is 6.11. The molecular weight excluding hydrogens is 340 g/mol. The molecule has 1 amide bonds. The maximum Gasteiger partial charge on any atom is 0.326 e. The predicted molar refractivity (Wildman–Crippen MR) is 102 cm³/mol. The maximum atomic E-state index is 13.5. The Hall–Kier alpha value is -2.69. The van der Waals surface area contributed by atoms with Gasteiger partial charge in [-0.1, -0.05) is 31.0 Å². The second kappa shape index (κ2) is 7.14. The summed E-state index contributed by atoms with van der Waals surface area (Å²) in [7, 11) is 0. The number of carboxylic acid groups (broad SMARTS) is 1. The maximum absolute atomic E-state index is 13.5. The first kappa shape index (κ1) is 17.7. The molecule has 3 unspecified atom stereocenters. The van der Waals surface area contributed by atoms with Gasteiger partial charge in [0.05, 0.1) is 5.69 Å². The number of likely N-dealkylation sites (tertiary alicyclic amines) is 1. The number of hydrogen-bond donors (Lipinski definition) is 1. The van der Waals surface area contributed by atoms with E-state index in [9.17, 15) is 14.7 Å². The fraction of sp³-hybridized carbons (Fsp3) is 0.409. The highest BCUT2D eigenvalue weighted by Crippen LogP contribution is 2.41. The Kier molecular flexibility index (Phi) is 4.68. The van der Waals surface area contributed by atoms with Crippen LogP contribution in [0.5, 0.6) is 0 Å². The average molecular weight is 364 g/mol. The molecule has 1 saturated heterocycles. The van der Waals surface area contributed by atoms with Gasteiger partial charge in [-0.15, -0.1) is 0 Å². The van der Waals surface area contributed by atoms with Crippen LogP contribution < -0.4 is 0 Å². The number of amides is 1. The van der Waals surface area contributed by atoms with Crippen molar-refractivity contribution in [3.05, 3.63) is 53.7 Å². The third-order valence-electron chi connectivity index (χ3n) is 6.11. The lowest BCUT2D eigenvalue weighted by atomic mass is 9.84. The van der Waals surface area contributed by atoms with Crippen molar-refractivity contribution >= 4 is 11.9 Å². The Morgan fingerprint density at radius 3 is 2.67 bits per heavy atom. The van der Waals surface area contributed by atoms with Gasteiger partial charge in [0.2, 0.25) is 0 Å². The molecule has 0 spiro atoms. The summed E-state index contributed by atoms with van der Waals surface area (Å²) in [4.78, 5) is 31.4. The van der Waals surface area contributed by atoms with Gasteiger partial charge in [-0.2, -0.15) is 0 Å².